The van der Waals surface area contributed by atoms with Crippen LogP contribution in [0.2, 0.25) is 0 Å². The van der Waals surface area contributed by atoms with Gasteiger partial charge in [0.1, 0.15) is 0 Å². The lowest BCUT2D eigenvalue weighted by Crippen LogP contribution is -2.21. The summed E-state index contributed by atoms with van der Waals surface area (Å²) in [5.41, 5.74) is 1.65. The summed E-state index contributed by atoms with van der Waals surface area (Å²) in [7, 11) is 0. The molecule has 0 bridgehead atoms. The number of hydrogen-bond acceptors (Lipinski definition) is 4. The highest BCUT2D eigenvalue weighted by Crippen LogP contribution is 2.34. The Morgan fingerprint density at radius 1 is 1.59 bits per heavy atom. The van der Waals surface area contributed by atoms with Crippen LogP contribution in [0.3, 0.4) is 0 Å². The standard InChI is InChI=1S/C11H13BrN2O3/c1-7-4-11(13-3-2-8(15)6-13)9(12)5-10(7)14(16)17/h4-5,8,15H,2-3,6H2,1H3/t8-/m0/s1. The molecule has 1 saturated heterocycles. The Labute approximate surface area is 107 Å². The summed E-state index contributed by atoms with van der Waals surface area (Å²) in [6.07, 6.45) is 0.431. The third-order valence-corrected chi connectivity index (χ3v) is 3.60. The van der Waals surface area contributed by atoms with E-state index in [9.17, 15) is 15.2 Å². The van der Waals surface area contributed by atoms with Gasteiger partial charge in [-0.3, -0.25) is 10.1 Å². The maximum Gasteiger partial charge on any atom is 0.273 e. The minimum absolute atomic E-state index is 0.111. The third kappa shape index (κ3) is 2.42. The first-order valence-electron chi connectivity index (χ1n) is 5.36. The number of rotatable bonds is 2. The number of nitro groups is 1. The van der Waals surface area contributed by atoms with Crippen LogP contribution in [0.15, 0.2) is 16.6 Å². The lowest BCUT2D eigenvalue weighted by molar-refractivity contribution is -0.385. The van der Waals surface area contributed by atoms with Crippen molar-refractivity contribution in [3.05, 3.63) is 32.3 Å². The van der Waals surface area contributed by atoms with Crippen LogP contribution in [0.25, 0.3) is 0 Å². The van der Waals surface area contributed by atoms with Gasteiger partial charge in [-0.15, -0.1) is 0 Å². The molecule has 2 rings (SSSR count). The highest BCUT2D eigenvalue weighted by Gasteiger charge is 2.24. The molecule has 0 amide bonds. The number of nitrogens with zero attached hydrogens (tertiary/aromatic N) is 2. The summed E-state index contributed by atoms with van der Waals surface area (Å²) in [6, 6.07) is 3.32. The van der Waals surface area contributed by atoms with E-state index >= 15 is 0 Å². The van der Waals surface area contributed by atoms with E-state index in [1.807, 2.05) is 4.90 Å². The monoisotopic (exact) mass is 300 g/mol. The molecular weight excluding hydrogens is 288 g/mol. The number of nitro benzene ring substituents is 1. The molecule has 17 heavy (non-hydrogen) atoms. The summed E-state index contributed by atoms with van der Waals surface area (Å²) in [5, 5.41) is 20.3. The molecule has 1 N–H and O–H groups in total. The predicted octanol–water partition coefficient (Wildman–Crippen LogP) is 2.24. The largest absolute Gasteiger partial charge is 0.391 e. The van der Waals surface area contributed by atoms with Crippen LogP contribution in [-0.4, -0.2) is 29.2 Å². The number of hydrogen-bond donors (Lipinski definition) is 1. The van der Waals surface area contributed by atoms with Crippen molar-refractivity contribution in [2.45, 2.75) is 19.4 Å². The second kappa shape index (κ2) is 4.62. The fourth-order valence-corrected chi connectivity index (χ4v) is 2.64. The highest BCUT2D eigenvalue weighted by molar-refractivity contribution is 9.10. The van der Waals surface area contributed by atoms with Crippen molar-refractivity contribution in [3.63, 3.8) is 0 Å². The SMILES string of the molecule is Cc1cc(N2CC[C@H](O)C2)c(Br)cc1[N+](=O)[O-]. The lowest BCUT2D eigenvalue weighted by Gasteiger charge is -2.20. The molecular formula is C11H13BrN2O3. The summed E-state index contributed by atoms with van der Waals surface area (Å²) in [6.45, 7) is 3.08. The molecule has 1 aliphatic heterocycles. The molecule has 0 spiro atoms. The van der Waals surface area contributed by atoms with E-state index < -0.39 is 0 Å². The highest BCUT2D eigenvalue weighted by atomic mass is 79.9. The Kier molecular flexibility index (Phi) is 3.35. The summed E-state index contributed by atoms with van der Waals surface area (Å²) < 4.78 is 0.698. The van der Waals surface area contributed by atoms with Gasteiger partial charge in [0.05, 0.1) is 16.7 Å². The molecule has 0 aromatic heterocycles. The van der Waals surface area contributed by atoms with Gasteiger partial charge < -0.3 is 10.0 Å². The number of β-amino-alcohol motifs (C(OH)–C–C–N with tert-alkyl or cyclic N) is 1. The third-order valence-electron chi connectivity index (χ3n) is 2.97. The Morgan fingerprint density at radius 3 is 2.82 bits per heavy atom. The molecule has 92 valence electrons. The minimum atomic E-state index is -0.386. The Balaban J connectivity index is 2.36. The number of aryl methyl sites for hydroxylation is 1. The molecule has 1 fully saturated rings. The molecule has 0 unspecified atom stereocenters. The zero-order valence-corrected chi connectivity index (χ0v) is 11.0. The van der Waals surface area contributed by atoms with Crippen molar-refractivity contribution in [2.24, 2.45) is 0 Å². The maximum absolute atomic E-state index is 10.8. The number of aliphatic hydroxyl groups is 1. The topological polar surface area (TPSA) is 66.6 Å². The van der Waals surface area contributed by atoms with Gasteiger partial charge in [-0.05, 0) is 35.3 Å². The number of aliphatic hydroxyl groups excluding tert-OH is 1. The normalized spacial score (nSPS) is 19.7. The predicted molar refractivity (Wildman–Crippen MR) is 68.4 cm³/mol. The summed E-state index contributed by atoms with van der Waals surface area (Å²) in [5.74, 6) is 0. The van der Waals surface area contributed by atoms with E-state index in [4.69, 9.17) is 0 Å². The van der Waals surface area contributed by atoms with Crippen LogP contribution in [0.1, 0.15) is 12.0 Å². The van der Waals surface area contributed by atoms with Gasteiger partial charge in [-0.25, -0.2) is 0 Å². The summed E-state index contributed by atoms with van der Waals surface area (Å²) >= 11 is 3.35. The Bertz CT molecular complexity index is 464. The van der Waals surface area contributed by atoms with Gasteiger partial charge >= 0.3 is 0 Å². The molecule has 6 heteroatoms. The number of anilines is 1. The van der Waals surface area contributed by atoms with Crippen molar-refractivity contribution < 1.29 is 10.0 Å². The molecule has 1 aromatic rings. The molecule has 0 saturated carbocycles. The zero-order chi connectivity index (χ0) is 12.6. The van der Waals surface area contributed by atoms with Gasteiger partial charge in [-0.1, -0.05) is 0 Å². The molecule has 1 atom stereocenters. The van der Waals surface area contributed by atoms with Crippen LogP contribution >= 0.6 is 15.9 Å². The van der Waals surface area contributed by atoms with E-state index in [2.05, 4.69) is 15.9 Å². The molecule has 0 radical (unpaired) electrons. The zero-order valence-electron chi connectivity index (χ0n) is 9.39. The van der Waals surface area contributed by atoms with Crippen molar-refractivity contribution in [1.82, 2.24) is 0 Å². The van der Waals surface area contributed by atoms with Gasteiger partial charge in [0.2, 0.25) is 0 Å². The quantitative estimate of drug-likeness (QED) is 0.672. The lowest BCUT2D eigenvalue weighted by atomic mass is 10.1. The fraction of sp³-hybridized carbons (Fsp3) is 0.455. The first kappa shape index (κ1) is 12.3. The number of halogens is 1. The van der Waals surface area contributed by atoms with Crippen LogP contribution in [0.4, 0.5) is 11.4 Å². The van der Waals surface area contributed by atoms with E-state index in [1.165, 1.54) is 6.07 Å². The van der Waals surface area contributed by atoms with E-state index in [0.717, 1.165) is 18.7 Å². The van der Waals surface area contributed by atoms with Gasteiger partial charge in [0.15, 0.2) is 0 Å². The van der Waals surface area contributed by atoms with Crippen molar-refractivity contribution in [1.29, 1.82) is 0 Å². The average molecular weight is 301 g/mol. The Hall–Kier alpha value is -1.14. The van der Waals surface area contributed by atoms with E-state index in [1.54, 1.807) is 13.0 Å². The molecule has 0 aliphatic carbocycles. The molecule has 1 aromatic carbocycles. The van der Waals surface area contributed by atoms with Gasteiger partial charge in [0.25, 0.3) is 5.69 Å². The first-order chi connectivity index (χ1) is 7.99. The average Bonchev–Trinajstić information content (AvgIpc) is 2.67. The maximum atomic E-state index is 10.8. The molecule has 5 nitrogen and oxygen atoms in total. The van der Waals surface area contributed by atoms with Crippen molar-refractivity contribution in [3.8, 4) is 0 Å². The van der Waals surface area contributed by atoms with Gasteiger partial charge in [0, 0.05) is 29.2 Å². The van der Waals surface area contributed by atoms with Crippen molar-refractivity contribution >= 4 is 27.3 Å². The second-order valence-electron chi connectivity index (χ2n) is 4.24. The molecule has 1 heterocycles. The van der Waals surface area contributed by atoms with Crippen LogP contribution < -0.4 is 4.90 Å². The minimum Gasteiger partial charge on any atom is -0.391 e. The first-order valence-corrected chi connectivity index (χ1v) is 6.16. The molecule has 1 aliphatic rings. The van der Waals surface area contributed by atoms with E-state index in [0.29, 0.717) is 16.6 Å². The van der Waals surface area contributed by atoms with Gasteiger partial charge in [-0.2, -0.15) is 0 Å². The Morgan fingerprint density at radius 2 is 2.29 bits per heavy atom. The van der Waals surface area contributed by atoms with Crippen molar-refractivity contribution in [2.75, 3.05) is 18.0 Å². The smallest absolute Gasteiger partial charge is 0.273 e. The van der Waals surface area contributed by atoms with Crippen LogP contribution in [0, 0.1) is 17.0 Å². The van der Waals surface area contributed by atoms with E-state index in [-0.39, 0.29) is 16.7 Å². The fourth-order valence-electron chi connectivity index (χ4n) is 2.06. The van der Waals surface area contributed by atoms with Crippen LogP contribution in [0.5, 0.6) is 0 Å². The summed E-state index contributed by atoms with van der Waals surface area (Å²) in [4.78, 5) is 12.4. The second-order valence-corrected chi connectivity index (χ2v) is 5.09. The van der Waals surface area contributed by atoms with Crippen LogP contribution in [-0.2, 0) is 0 Å². The number of benzene rings is 1.